The minimum absolute atomic E-state index is 0.0379. The van der Waals surface area contributed by atoms with E-state index < -0.39 is 10.8 Å². The number of nitrogens with zero attached hydrogens (tertiary/aromatic N) is 1. The van der Waals surface area contributed by atoms with Gasteiger partial charge in [-0.1, -0.05) is 12.1 Å². The normalized spacial score (nSPS) is 10.3. The quantitative estimate of drug-likeness (QED) is 0.515. The van der Waals surface area contributed by atoms with Crippen molar-refractivity contribution in [3.8, 4) is 5.75 Å². The number of nitro groups is 1. The fourth-order valence-corrected chi connectivity index (χ4v) is 2.32. The standard InChI is InChI=1S/C16H16N2O4/c1-9-5-4-6-13(18(21)22)14(9)16(20)17-12-7-10(2)15(19)11(3)8-12/h4-8,19H,1-3H3,(H,17,20). The Morgan fingerprint density at radius 3 is 2.27 bits per heavy atom. The maximum atomic E-state index is 12.4. The lowest BCUT2D eigenvalue weighted by Crippen LogP contribution is -2.15. The summed E-state index contributed by atoms with van der Waals surface area (Å²) < 4.78 is 0. The van der Waals surface area contributed by atoms with E-state index in [2.05, 4.69) is 5.32 Å². The molecule has 0 heterocycles. The fraction of sp³-hybridized carbons (Fsp3) is 0.188. The number of rotatable bonds is 3. The first-order valence-electron chi connectivity index (χ1n) is 6.67. The number of phenolic OH excluding ortho intramolecular Hbond substituents is 1. The van der Waals surface area contributed by atoms with E-state index in [-0.39, 0.29) is 17.0 Å². The lowest BCUT2D eigenvalue weighted by molar-refractivity contribution is -0.385. The van der Waals surface area contributed by atoms with E-state index in [9.17, 15) is 20.0 Å². The van der Waals surface area contributed by atoms with Gasteiger partial charge in [0.1, 0.15) is 11.3 Å². The van der Waals surface area contributed by atoms with Crippen LogP contribution in [-0.4, -0.2) is 15.9 Å². The number of carbonyl (C=O) groups excluding carboxylic acids is 1. The van der Waals surface area contributed by atoms with Crippen molar-refractivity contribution in [2.45, 2.75) is 20.8 Å². The van der Waals surface area contributed by atoms with Gasteiger partial charge in [-0.05, 0) is 49.6 Å². The topological polar surface area (TPSA) is 92.5 Å². The summed E-state index contributed by atoms with van der Waals surface area (Å²) in [5, 5.41) is 23.5. The van der Waals surface area contributed by atoms with E-state index in [0.717, 1.165) is 0 Å². The van der Waals surface area contributed by atoms with Crippen LogP contribution in [0, 0.1) is 30.9 Å². The Hall–Kier alpha value is -2.89. The largest absolute Gasteiger partial charge is 0.507 e. The van der Waals surface area contributed by atoms with Crippen molar-refractivity contribution in [2.24, 2.45) is 0 Å². The van der Waals surface area contributed by atoms with E-state index >= 15 is 0 Å². The minimum atomic E-state index is -0.574. The van der Waals surface area contributed by atoms with Crippen LogP contribution < -0.4 is 5.32 Å². The zero-order chi connectivity index (χ0) is 16.4. The van der Waals surface area contributed by atoms with Gasteiger partial charge in [-0.25, -0.2) is 0 Å². The minimum Gasteiger partial charge on any atom is -0.507 e. The molecule has 2 aromatic rings. The van der Waals surface area contributed by atoms with Crippen molar-refractivity contribution in [3.63, 3.8) is 0 Å². The highest BCUT2D eigenvalue weighted by Crippen LogP contribution is 2.27. The summed E-state index contributed by atoms with van der Waals surface area (Å²) in [6.45, 7) is 5.08. The van der Waals surface area contributed by atoms with Crippen LogP contribution in [0.3, 0.4) is 0 Å². The molecule has 114 valence electrons. The average Bonchev–Trinajstić information content (AvgIpc) is 2.44. The van der Waals surface area contributed by atoms with Crippen molar-refractivity contribution in [2.75, 3.05) is 5.32 Å². The number of aryl methyl sites for hydroxylation is 3. The molecular formula is C16H16N2O4. The molecule has 6 heteroatoms. The molecule has 22 heavy (non-hydrogen) atoms. The number of nitrogens with one attached hydrogen (secondary N) is 1. The van der Waals surface area contributed by atoms with Gasteiger partial charge in [-0.15, -0.1) is 0 Å². The van der Waals surface area contributed by atoms with Gasteiger partial charge < -0.3 is 10.4 Å². The second kappa shape index (κ2) is 5.85. The van der Waals surface area contributed by atoms with Crippen LogP contribution in [-0.2, 0) is 0 Å². The van der Waals surface area contributed by atoms with Gasteiger partial charge in [0.2, 0.25) is 0 Å². The molecule has 2 aromatic carbocycles. The third-order valence-corrected chi connectivity index (χ3v) is 3.42. The monoisotopic (exact) mass is 300 g/mol. The second-order valence-corrected chi connectivity index (χ2v) is 5.14. The zero-order valence-corrected chi connectivity index (χ0v) is 12.5. The molecule has 0 aliphatic heterocycles. The van der Waals surface area contributed by atoms with Crippen molar-refractivity contribution in [1.82, 2.24) is 0 Å². The number of aromatic hydroxyl groups is 1. The molecule has 0 saturated carbocycles. The second-order valence-electron chi connectivity index (χ2n) is 5.14. The predicted octanol–water partition coefficient (Wildman–Crippen LogP) is 3.48. The zero-order valence-electron chi connectivity index (χ0n) is 12.5. The number of carbonyl (C=O) groups is 1. The average molecular weight is 300 g/mol. The predicted molar refractivity (Wildman–Crippen MR) is 83.4 cm³/mol. The third-order valence-electron chi connectivity index (χ3n) is 3.42. The first-order valence-corrected chi connectivity index (χ1v) is 6.67. The highest BCUT2D eigenvalue weighted by Gasteiger charge is 2.22. The molecule has 0 aromatic heterocycles. The molecule has 0 saturated heterocycles. The molecule has 6 nitrogen and oxygen atoms in total. The lowest BCUT2D eigenvalue weighted by atomic mass is 10.1. The Balaban J connectivity index is 2.40. The lowest BCUT2D eigenvalue weighted by Gasteiger charge is -2.11. The Kier molecular flexibility index (Phi) is 4.12. The molecule has 2 N–H and O–H groups in total. The van der Waals surface area contributed by atoms with Crippen molar-refractivity contribution in [1.29, 1.82) is 0 Å². The first-order chi connectivity index (χ1) is 10.3. The molecule has 0 aliphatic rings. The fourth-order valence-electron chi connectivity index (χ4n) is 2.32. The number of nitro benzene ring substituents is 1. The highest BCUT2D eigenvalue weighted by molar-refractivity contribution is 6.08. The number of phenols is 1. The summed E-state index contributed by atoms with van der Waals surface area (Å²) in [6.07, 6.45) is 0. The van der Waals surface area contributed by atoms with E-state index in [1.807, 2.05) is 0 Å². The van der Waals surface area contributed by atoms with Crippen LogP contribution in [0.2, 0.25) is 0 Å². The molecule has 0 spiro atoms. The van der Waals surface area contributed by atoms with Crippen molar-refractivity contribution < 1.29 is 14.8 Å². The van der Waals surface area contributed by atoms with Crippen LogP contribution >= 0.6 is 0 Å². The van der Waals surface area contributed by atoms with Crippen LogP contribution in [0.1, 0.15) is 27.0 Å². The number of hydrogen-bond donors (Lipinski definition) is 2. The van der Waals surface area contributed by atoms with Gasteiger partial charge >= 0.3 is 0 Å². The Morgan fingerprint density at radius 2 is 1.73 bits per heavy atom. The number of amides is 1. The summed E-state index contributed by atoms with van der Waals surface area (Å²) in [5.41, 5.74) is 2.05. The van der Waals surface area contributed by atoms with Crippen LogP contribution in [0.4, 0.5) is 11.4 Å². The van der Waals surface area contributed by atoms with Gasteiger partial charge in [0.15, 0.2) is 0 Å². The summed E-state index contributed by atoms with van der Waals surface area (Å²) in [5.74, 6) is -0.380. The molecule has 0 bridgehead atoms. The van der Waals surface area contributed by atoms with E-state index in [4.69, 9.17) is 0 Å². The van der Waals surface area contributed by atoms with Gasteiger partial charge in [0, 0.05) is 11.8 Å². The summed E-state index contributed by atoms with van der Waals surface area (Å²) in [6, 6.07) is 7.72. The Morgan fingerprint density at radius 1 is 1.14 bits per heavy atom. The number of anilines is 1. The number of hydrogen-bond acceptors (Lipinski definition) is 4. The molecular weight excluding hydrogens is 284 g/mol. The molecule has 0 fully saturated rings. The van der Waals surface area contributed by atoms with E-state index in [1.54, 1.807) is 45.0 Å². The van der Waals surface area contributed by atoms with Crippen LogP contribution in [0.5, 0.6) is 5.75 Å². The van der Waals surface area contributed by atoms with Crippen LogP contribution in [0.25, 0.3) is 0 Å². The van der Waals surface area contributed by atoms with Gasteiger partial charge in [-0.2, -0.15) is 0 Å². The number of benzene rings is 2. The van der Waals surface area contributed by atoms with E-state index in [0.29, 0.717) is 22.4 Å². The first kappa shape index (κ1) is 15.5. The third kappa shape index (κ3) is 2.90. The summed E-state index contributed by atoms with van der Waals surface area (Å²) in [4.78, 5) is 22.9. The Bertz CT molecular complexity index is 746. The maximum Gasteiger partial charge on any atom is 0.282 e. The highest BCUT2D eigenvalue weighted by atomic mass is 16.6. The van der Waals surface area contributed by atoms with E-state index in [1.165, 1.54) is 6.07 Å². The SMILES string of the molecule is Cc1cc(NC(=O)c2c(C)cccc2[N+](=O)[O-])cc(C)c1O. The molecule has 0 aliphatic carbocycles. The summed E-state index contributed by atoms with van der Waals surface area (Å²) >= 11 is 0. The van der Waals surface area contributed by atoms with Crippen LogP contribution in [0.15, 0.2) is 30.3 Å². The molecule has 1 amide bonds. The molecule has 0 unspecified atom stereocenters. The maximum absolute atomic E-state index is 12.4. The van der Waals surface area contributed by atoms with Crippen molar-refractivity contribution >= 4 is 17.3 Å². The smallest absolute Gasteiger partial charge is 0.282 e. The van der Waals surface area contributed by atoms with Gasteiger partial charge in [0.25, 0.3) is 11.6 Å². The van der Waals surface area contributed by atoms with Crippen molar-refractivity contribution in [3.05, 3.63) is 62.7 Å². The molecule has 2 rings (SSSR count). The van der Waals surface area contributed by atoms with Gasteiger partial charge in [0.05, 0.1) is 4.92 Å². The molecule has 0 atom stereocenters. The van der Waals surface area contributed by atoms with Gasteiger partial charge in [-0.3, -0.25) is 14.9 Å². The Labute approximate surface area is 127 Å². The summed E-state index contributed by atoms with van der Waals surface area (Å²) in [7, 11) is 0. The molecule has 0 radical (unpaired) electrons.